The minimum Gasteiger partial charge on any atom is -0.799 e. The number of carbonyl (C=O) groups excluding carboxylic acids is 2. The summed E-state index contributed by atoms with van der Waals surface area (Å²) in [5.74, 6) is -1.04. The summed E-state index contributed by atoms with van der Waals surface area (Å²) in [5.41, 5.74) is -1.08. The van der Waals surface area contributed by atoms with Gasteiger partial charge in [-0.05, 0) is 109 Å². The molecule has 0 aromatic heterocycles. The van der Waals surface area contributed by atoms with Gasteiger partial charge in [-0.15, -0.1) is 0 Å². The summed E-state index contributed by atoms with van der Waals surface area (Å²) in [4.78, 5) is 38.3. The van der Waals surface area contributed by atoms with E-state index in [1.807, 2.05) is 13.8 Å². The van der Waals surface area contributed by atoms with E-state index in [2.05, 4.69) is 0 Å². The second kappa shape index (κ2) is 13.4. The van der Waals surface area contributed by atoms with Gasteiger partial charge in [-0.3, -0.25) is 14.4 Å². The van der Waals surface area contributed by atoms with E-state index in [1.54, 1.807) is 13.8 Å². The van der Waals surface area contributed by atoms with Gasteiger partial charge >= 0.3 is 5.97 Å². The molecule has 0 aliphatic carbocycles. The van der Waals surface area contributed by atoms with Crippen molar-refractivity contribution >= 4 is 48.8 Å². The monoisotopic (exact) mass is 540 g/mol. The molecule has 0 radical (unpaired) electrons. The highest BCUT2D eigenvalue weighted by Gasteiger charge is 2.26. The van der Waals surface area contributed by atoms with Crippen LogP contribution in [0.1, 0.15) is 98.3 Å². The van der Waals surface area contributed by atoms with Crippen molar-refractivity contribution in [1.29, 1.82) is 0 Å². The number of carboxylic acids is 1. The lowest BCUT2D eigenvalue weighted by Gasteiger charge is -2.30. The fourth-order valence-electron chi connectivity index (χ4n) is 4.27. The summed E-state index contributed by atoms with van der Waals surface area (Å²) in [6.45, 7) is 7.32. The average molecular weight is 541 g/mol. The molecule has 2 atom stereocenters. The van der Waals surface area contributed by atoms with Crippen LogP contribution in [0.2, 0.25) is 0 Å². The van der Waals surface area contributed by atoms with Crippen LogP contribution in [0.3, 0.4) is 0 Å². The lowest BCUT2D eigenvalue weighted by molar-refractivity contribution is -0.147. The summed E-state index contributed by atoms with van der Waals surface area (Å²) < 4.78 is 26.0. The van der Waals surface area contributed by atoms with Gasteiger partial charge in [0.15, 0.2) is 11.6 Å². The second-order valence-electron chi connectivity index (χ2n) is 11.2. The summed E-state index contributed by atoms with van der Waals surface area (Å²) in [7, 11) is -2.73. The maximum Gasteiger partial charge on any atom is 0.309 e. The Hall–Kier alpha value is -1.39. The fraction of sp³-hybridized carbons (Fsp3) is 0.667. The summed E-state index contributed by atoms with van der Waals surface area (Å²) >= 11 is 0. The number of aliphatic carboxylic acids is 1. The Labute approximate surface area is 220 Å². The Morgan fingerprint density at radius 1 is 0.833 bits per heavy atom. The Morgan fingerprint density at radius 2 is 1.28 bits per heavy atom. The normalized spacial score (nSPS) is 21.5. The van der Waals surface area contributed by atoms with Gasteiger partial charge in [0.25, 0.3) is 0 Å². The van der Waals surface area contributed by atoms with Crippen LogP contribution >= 0.6 is 21.5 Å². The largest absolute Gasteiger partial charge is 0.799 e. The Kier molecular flexibility index (Phi) is 11.5. The number of rotatable bonds is 14. The van der Waals surface area contributed by atoms with E-state index in [-0.39, 0.29) is 36.4 Å². The molecule has 2 unspecified atom stereocenters. The molecule has 36 heavy (non-hydrogen) atoms. The van der Waals surface area contributed by atoms with Gasteiger partial charge in [-0.2, -0.15) is 0 Å². The molecule has 0 fully saturated rings. The first-order chi connectivity index (χ1) is 16.8. The molecule has 0 saturated carbocycles. The van der Waals surface area contributed by atoms with Crippen LogP contribution in [0.5, 0.6) is 0 Å². The van der Waals surface area contributed by atoms with Crippen molar-refractivity contribution in [2.24, 2.45) is 10.8 Å². The van der Waals surface area contributed by atoms with Crippen LogP contribution in [0, 0.1) is 10.8 Å². The fourth-order valence-corrected chi connectivity index (χ4v) is 7.35. The van der Waals surface area contributed by atoms with Gasteiger partial charge < -0.3 is 19.3 Å². The molecule has 2 aliphatic heterocycles. The first-order valence-electron chi connectivity index (χ1n) is 12.6. The number of aliphatic hydroxyl groups is 1. The standard InChI is InChI=1S/C27H40O7S2/c1-26(2,18-28)12-6-10-23-16-19(29)14-21(35(23)33)8-5-9-22-15-20(30)17-24(36(22)34)11-7-13-27(3,4)25(31)32/h15-16,28H,5-14,17-18H2,1-4H3,(H-2,31,32,33,34)/q-2. The van der Waals surface area contributed by atoms with Crippen LogP contribution in [-0.4, -0.2) is 53.2 Å². The van der Waals surface area contributed by atoms with Crippen molar-refractivity contribution < 1.29 is 33.7 Å². The van der Waals surface area contributed by atoms with E-state index in [0.717, 1.165) is 12.8 Å². The van der Waals surface area contributed by atoms with E-state index in [4.69, 9.17) is 0 Å². The molecule has 0 amide bonds. The molecule has 0 spiro atoms. The molecule has 2 N–H and O–H groups in total. The second-order valence-corrected chi connectivity index (χ2v) is 14.5. The molecule has 204 valence electrons. The van der Waals surface area contributed by atoms with Gasteiger partial charge in [-0.1, -0.05) is 13.8 Å². The van der Waals surface area contributed by atoms with Crippen LogP contribution in [0.15, 0.2) is 22.0 Å². The minimum absolute atomic E-state index is 0.0587. The molecule has 0 aromatic rings. The number of hydrogen-bond donors (Lipinski definition) is 2. The highest BCUT2D eigenvalue weighted by atomic mass is 32.2. The number of aliphatic hydroxyl groups excluding tert-OH is 1. The minimum atomic E-state index is -1.39. The first-order valence-corrected chi connectivity index (χ1v) is 14.9. The van der Waals surface area contributed by atoms with E-state index >= 15 is 0 Å². The molecule has 9 heteroatoms. The molecule has 2 aliphatic rings. The van der Waals surface area contributed by atoms with Gasteiger partial charge in [0.1, 0.15) is 0 Å². The SMILES string of the molecule is CC(C)(CO)CCCC1=CC(=O)CC(CCCC2=CC(=O)CC(CCCC(C)(C)C(=O)O)=S2[O-])=S1[O-]. The van der Waals surface area contributed by atoms with Gasteiger partial charge in [0.2, 0.25) is 0 Å². The first kappa shape index (κ1) is 30.8. The third-order valence-corrected chi connectivity index (χ3v) is 10.1. The Balaban J connectivity index is 1.97. The summed E-state index contributed by atoms with van der Waals surface area (Å²) in [5, 5.41) is 18.7. The van der Waals surface area contributed by atoms with Gasteiger partial charge in [0, 0.05) is 19.4 Å². The molecular formula is C27H40O7S2-2. The van der Waals surface area contributed by atoms with Crippen molar-refractivity contribution in [2.75, 3.05) is 6.61 Å². The highest BCUT2D eigenvalue weighted by molar-refractivity contribution is 8.14. The zero-order valence-corrected chi connectivity index (χ0v) is 23.5. The number of allylic oxidation sites excluding steroid dienone is 4. The van der Waals surface area contributed by atoms with Crippen molar-refractivity contribution in [3.8, 4) is 0 Å². The number of hydrogen-bond acceptors (Lipinski definition) is 6. The van der Waals surface area contributed by atoms with Crippen molar-refractivity contribution in [1.82, 2.24) is 0 Å². The quantitative estimate of drug-likeness (QED) is 0.278. The molecule has 0 aromatic carbocycles. The Bertz CT molecular complexity index is 1000. The number of ketones is 2. The molecule has 7 nitrogen and oxygen atoms in total. The molecule has 2 rings (SSSR count). The molecule has 2 heterocycles. The van der Waals surface area contributed by atoms with Crippen LogP contribution in [0.4, 0.5) is 0 Å². The predicted molar refractivity (Wildman–Crippen MR) is 146 cm³/mol. The molecule has 0 saturated heterocycles. The third kappa shape index (κ3) is 9.17. The maximum atomic E-state index is 13.0. The predicted octanol–water partition coefficient (Wildman–Crippen LogP) is 5.48. The maximum absolute atomic E-state index is 13.0. The number of carboxylic acid groups (broad SMARTS) is 1. The highest BCUT2D eigenvalue weighted by Crippen LogP contribution is 2.37. The van der Waals surface area contributed by atoms with Crippen LogP contribution in [-0.2, 0) is 14.4 Å². The lowest BCUT2D eigenvalue weighted by Crippen LogP contribution is -2.24. The van der Waals surface area contributed by atoms with Gasteiger partial charge in [-0.25, -0.2) is 21.5 Å². The zero-order valence-electron chi connectivity index (χ0n) is 21.9. The van der Waals surface area contributed by atoms with E-state index in [1.165, 1.54) is 12.2 Å². The van der Waals surface area contributed by atoms with E-state index in [9.17, 15) is 33.7 Å². The summed E-state index contributed by atoms with van der Waals surface area (Å²) in [6, 6.07) is 0. The van der Waals surface area contributed by atoms with E-state index < -0.39 is 32.9 Å². The molecular weight excluding hydrogens is 500 g/mol. The lowest BCUT2D eigenvalue weighted by atomic mass is 9.87. The van der Waals surface area contributed by atoms with Crippen molar-refractivity contribution in [2.45, 2.75) is 98.3 Å². The third-order valence-electron chi connectivity index (χ3n) is 6.81. The van der Waals surface area contributed by atoms with Gasteiger partial charge in [0.05, 0.1) is 5.41 Å². The van der Waals surface area contributed by atoms with E-state index in [0.29, 0.717) is 64.5 Å². The number of carbonyl (C=O) groups is 3. The average Bonchev–Trinajstić information content (AvgIpc) is 2.79. The van der Waals surface area contributed by atoms with Crippen molar-refractivity contribution in [3.05, 3.63) is 22.0 Å². The zero-order chi connectivity index (χ0) is 27.1. The molecule has 0 bridgehead atoms. The smallest absolute Gasteiger partial charge is 0.309 e. The van der Waals surface area contributed by atoms with Crippen LogP contribution in [0.25, 0.3) is 0 Å². The van der Waals surface area contributed by atoms with Crippen LogP contribution < -0.4 is 0 Å². The van der Waals surface area contributed by atoms with Crippen molar-refractivity contribution in [3.63, 3.8) is 0 Å². The summed E-state index contributed by atoms with van der Waals surface area (Å²) in [6.07, 6.45) is 8.12. The topological polar surface area (TPSA) is 138 Å². The Morgan fingerprint density at radius 3 is 1.75 bits per heavy atom.